The van der Waals surface area contributed by atoms with E-state index in [0.29, 0.717) is 0 Å². The van der Waals surface area contributed by atoms with Gasteiger partial charge in [0, 0.05) is 12.0 Å². The van der Waals surface area contributed by atoms with Crippen molar-refractivity contribution in [1.29, 1.82) is 0 Å². The Hall–Kier alpha value is -1.39. The van der Waals surface area contributed by atoms with Crippen molar-refractivity contribution >= 4 is 5.71 Å². The summed E-state index contributed by atoms with van der Waals surface area (Å²) in [5.41, 5.74) is 1.82. The standard InChI is InChI=1S/C14H20N2O2/c1-5-12-14(2,3)16(17)13(15-12)10-6-8-11(18-4)9-7-10/h6-9,13,17H,5H2,1-4H3/p+1/t13-/m0/s1. The lowest BCUT2D eigenvalue weighted by Gasteiger charge is -2.25. The van der Waals surface area contributed by atoms with Gasteiger partial charge in [-0.15, -0.1) is 5.06 Å². The third-order valence-corrected chi connectivity index (χ3v) is 3.65. The highest BCUT2D eigenvalue weighted by molar-refractivity contribution is 5.88. The van der Waals surface area contributed by atoms with Crippen LogP contribution in [0.25, 0.3) is 0 Å². The fourth-order valence-corrected chi connectivity index (χ4v) is 2.41. The zero-order chi connectivity index (χ0) is 13.3. The molecule has 4 heteroatoms. The van der Waals surface area contributed by atoms with E-state index in [-0.39, 0.29) is 11.7 Å². The number of benzene rings is 1. The first-order valence-corrected chi connectivity index (χ1v) is 6.25. The number of nitrogens with one attached hydrogen (secondary N) is 1. The van der Waals surface area contributed by atoms with Crippen LogP contribution in [0.2, 0.25) is 0 Å². The highest BCUT2D eigenvalue weighted by Gasteiger charge is 2.48. The molecule has 1 aliphatic rings. The van der Waals surface area contributed by atoms with E-state index < -0.39 is 0 Å². The third-order valence-electron chi connectivity index (χ3n) is 3.65. The number of hydroxylamine groups is 2. The fourth-order valence-electron chi connectivity index (χ4n) is 2.41. The first-order chi connectivity index (χ1) is 8.50. The topological polar surface area (TPSA) is 46.7 Å². The van der Waals surface area contributed by atoms with Crippen LogP contribution in [0.1, 0.15) is 38.9 Å². The molecule has 0 saturated heterocycles. The molecule has 1 aliphatic heterocycles. The Bertz CT molecular complexity index is 451. The minimum atomic E-state index is -0.348. The Morgan fingerprint density at radius 2 is 1.94 bits per heavy atom. The fraction of sp³-hybridized carbons (Fsp3) is 0.500. The van der Waals surface area contributed by atoms with Gasteiger partial charge in [-0.25, -0.2) is 4.99 Å². The first-order valence-electron chi connectivity index (χ1n) is 6.25. The van der Waals surface area contributed by atoms with Crippen LogP contribution in [0.5, 0.6) is 5.75 Å². The summed E-state index contributed by atoms with van der Waals surface area (Å²) < 4.78 is 5.14. The summed E-state index contributed by atoms with van der Waals surface area (Å²) in [7, 11) is 1.65. The Kier molecular flexibility index (Phi) is 3.41. The molecule has 0 unspecified atom stereocenters. The van der Waals surface area contributed by atoms with Gasteiger partial charge < -0.3 is 9.94 Å². The highest BCUT2D eigenvalue weighted by atomic mass is 16.5. The molecule has 1 heterocycles. The second kappa shape index (κ2) is 4.71. The highest BCUT2D eigenvalue weighted by Crippen LogP contribution is 2.27. The van der Waals surface area contributed by atoms with Crippen molar-refractivity contribution in [2.75, 3.05) is 7.11 Å². The number of hydrogen-bond donors (Lipinski definition) is 2. The second-order valence-corrected chi connectivity index (χ2v) is 5.06. The molecular formula is C14H21N2O2+. The molecule has 98 valence electrons. The van der Waals surface area contributed by atoms with Crippen LogP contribution in [-0.4, -0.2) is 28.6 Å². The Morgan fingerprint density at radius 3 is 2.39 bits per heavy atom. The molecule has 0 radical (unpaired) electrons. The van der Waals surface area contributed by atoms with E-state index in [9.17, 15) is 5.21 Å². The van der Waals surface area contributed by atoms with E-state index in [1.54, 1.807) is 7.11 Å². The van der Waals surface area contributed by atoms with Gasteiger partial charge in [0.25, 0.3) is 6.17 Å². The van der Waals surface area contributed by atoms with Crippen molar-refractivity contribution in [2.45, 2.75) is 38.9 Å². The van der Waals surface area contributed by atoms with Crippen molar-refractivity contribution < 1.29 is 14.9 Å². The molecule has 0 saturated carbocycles. The first kappa shape index (κ1) is 13.1. The van der Waals surface area contributed by atoms with Crippen molar-refractivity contribution in [3.05, 3.63) is 29.8 Å². The summed E-state index contributed by atoms with van der Waals surface area (Å²) in [6.45, 7) is 6.12. The van der Waals surface area contributed by atoms with Crippen LogP contribution >= 0.6 is 0 Å². The van der Waals surface area contributed by atoms with Crippen LogP contribution in [0.3, 0.4) is 0 Å². The quantitative estimate of drug-likeness (QED) is 0.843. The van der Waals surface area contributed by atoms with E-state index >= 15 is 0 Å². The molecule has 2 N–H and O–H groups in total. The molecule has 0 aliphatic carbocycles. The van der Waals surface area contributed by atoms with Gasteiger partial charge >= 0.3 is 0 Å². The molecule has 0 aromatic heterocycles. The molecule has 1 atom stereocenters. The van der Waals surface area contributed by atoms with E-state index in [4.69, 9.17) is 4.74 Å². The second-order valence-electron chi connectivity index (χ2n) is 5.06. The molecule has 0 spiro atoms. The molecule has 0 bridgehead atoms. The predicted octanol–water partition coefficient (Wildman–Crippen LogP) is 1.11. The number of methoxy groups -OCH3 is 1. The van der Waals surface area contributed by atoms with Crippen molar-refractivity contribution in [1.82, 2.24) is 5.06 Å². The maximum Gasteiger partial charge on any atom is 0.255 e. The number of ether oxygens (including phenoxy) is 1. The minimum absolute atomic E-state index is 0.194. The van der Waals surface area contributed by atoms with E-state index in [1.165, 1.54) is 5.06 Å². The molecule has 1 aromatic rings. The van der Waals surface area contributed by atoms with Crippen LogP contribution in [0, 0.1) is 0 Å². The summed E-state index contributed by atoms with van der Waals surface area (Å²) in [6, 6.07) is 7.74. The van der Waals surface area contributed by atoms with E-state index in [0.717, 1.165) is 23.4 Å². The van der Waals surface area contributed by atoms with Gasteiger partial charge in [-0.1, -0.05) is 6.92 Å². The van der Waals surface area contributed by atoms with Crippen LogP contribution in [0.4, 0.5) is 0 Å². The van der Waals surface area contributed by atoms with Gasteiger partial charge in [-0.3, -0.25) is 0 Å². The Balaban J connectivity index is 2.31. The SMILES string of the molecule is CCC1=[NH+][C@H](c2ccc(OC)cc2)N(O)C1(C)C. The average Bonchev–Trinajstić information content (AvgIpc) is 2.61. The molecule has 18 heavy (non-hydrogen) atoms. The lowest BCUT2D eigenvalue weighted by atomic mass is 9.97. The maximum absolute atomic E-state index is 10.3. The molecular weight excluding hydrogens is 228 g/mol. The smallest absolute Gasteiger partial charge is 0.255 e. The lowest BCUT2D eigenvalue weighted by molar-refractivity contribution is -0.549. The molecule has 0 fully saturated rings. The molecule has 1 aromatic carbocycles. The van der Waals surface area contributed by atoms with Gasteiger partial charge in [-0.2, -0.15) is 0 Å². The molecule has 2 rings (SSSR count). The van der Waals surface area contributed by atoms with Gasteiger partial charge in [0.05, 0.1) is 7.11 Å². The summed E-state index contributed by atoms with van der Waals surface area (Å²) in [5.74, 6) is 0.820. The lowest BCUT2D eigenvalue weighted by Crippen LogP contribution is -2.72. The zero-order valence-corrected chi connectivity index (χ0v) is 11.4. The molecule has 0 amide bonds. The monoisotopic (exact) mass is 249 g/mol. The summed E-state index contributed by atoms with van der Waals surface area (Å²) in [5, 5.41) is 11.7. The average molecular weight is 249 g/mol. The predicted molar refractivity (Wildman–Crippen MR) is 69.7 cm³/mol. The number of rotatable bonds is 3. The van der Waals surface area contributed by atoms with Crippen LogP contribution < -0.4 is 9.73 Å². The van der Waals surface area contributed by atoms with E-state index in [2.05, 4.69) is 11.9 Å². The third kappa shape index (κ3) is 2.02. The largest absolute Gasteiger partial charge is 0.497 e. The molecule has 4 nitrogen and oxygen atoms in total. The van der Waals surface area contributed by atoms with Crippen LogP contribution in [-0.2, 0) is 0 Å². The van der Waals surface area contributed by atoms with E-state index in [1.807, 2.05) is 38.1 Å². The van der Waals surface area contributed by atoms with Gasteiger partial charge in [-0.05, 0) is 38.1 Å². The van der Waals surface area contributed by atoms with Gasteiger partial charge in [0.15, 0.2) is 5.71 Å². The number of hydrogen-bond acceptors (Lipinski definition) is 3. The zero-order valence-electron chi connectivity index (χ0n) is 11.4. The summed E-state index contributed by atoms with van der Waals surface area (Å²) in [6.07, 6.45) is 0.706. The summed E-state index contributed by atoms with van der Waals surface area (Å²) >= 11 is 0. The van der Waals surface area contributed by atoms with Crippen molar-refractivity contribution in [2.24, 2.45) is 0 Å². The maximum atomic E-state index is 10.3. The minimum Gasteiger partial charge on any atom is -0.497 e. The Morgan fingerprint density at radius 1 is 1.33 bits per heavy atom. The van der Waals surface area contributed by atoms with Crippen LogP contribution in [0.15, 0.2) is 24.3 Å². The van der Waals surface area contributed by atoms with Crippen molar-refractivity contribution in [3.8, 4) is 5.75 Å². The number of nitrogens with zero attached hydrogens (tertiary/aromatic N) is 1. The van der Waals surface area contributed by atoms with Gasteiger partial charge in [0.1, 0.15) is 11.3 Å². The Labute approximate surface area is 108 Å². The van der Waals surface area contributed by atoms with Crippen molar-refractivity contribution in [3.63, 3.8) is 0 Å². The summed E-state index contributed by atoms with van der Waals surface area (Å²) in [4.78, 5) is 3.39. The normalized spacial score (nSPS) is 22.9. The van der Waals surface area contributed by atoms with Gasteiger partial charge in [0.2, 0.25) is 0 Å².